The van der Waals surface area contributed by atoms with Crippen molar-refractivity contribution in [3.63, 3.8) is 0 Å². The van der Waals surface area contributed by atoms with Crippen LogP contribution in [-0.4, -0.2) is 25.5 Å². The van der Waals surface area contributed by atoms with Crippen LogP contribution in [0.5, 0.6) is 0 Å². The number of carbonyl (C=O) groups is 1. The molecule has 7 heteroatoms. The second kappa shape index (κ2) is 4.07. The highest BCUT2D eigenvalue weighted by atomic mass is 32.2. The second-order valence-corrected chi connectivity index (χ2v) is 5.13. The highest BCUT2D eigenvalue weighted by Gasteiger charge is 2.21. The van der Waals surface area contributed by atoms with Gasteiger partial charge >= 0.3 is 5.97 Å². The summed E-state index contributed by atoms with van der Waals surface area (Å²) < 4.78 is 24.9. The fourth-order valence-corrected chi connectivity index (χ4v) is 2.98. The van der Waals surface area contributed by atoms with Crippen molar-refractivity contribution in [1.29, 1.82) is 0 Å². The molecule has 1 atom stereocenters. The van der Waals surface area contributed by atoms with E-state index in [1.807, 2.05) is 4.72 Å². The summed E-state index contributed by atoms with van der Waals surface area (Å²) in [5, 5.41) is 11.6. The number of rotatable bonds is 4. The third kappa shape index (κ3) is 2.53. The van der Waals surface area contributed by atoms with E-state index in [-0.39, 0.29) is 4.90 Å². The van der Waals surface area contributed by atoms with Crippen molar-refractivity contribution in [1.82, 2.24) is 4.72 Å². The molecule has 0 amide bonds. The summed E-state index contributed by atoms with van der Waals surface area (Å²) in [6.07, 6.45) is 0. The number of hydrogen-bond donors (Lipinski definition) is 2. The lowest BCUT2D eigenvalue weighted by atomic mass is 10.4. The minimum atomic E-state index is -3.68. The van der Waals surface area contributed by atoms with Gasteiger partial charge in [-0.1, -0.05) is 0 Å². The summed E-state index contributed by atoms with van der Waals surface area (Å²) in [5.74, 6) is -1.20. The van der Waals surface area contributed by atoms with Crippen LogP contribution in [0.4, 0.5) is 0 Å². The van der Waals surface area contributed by atoms with Crippen molar-refractivity contribution in [2.45, 2.75) is 17.9 Å². The van der Waals surface area contributed by atoms with Crippen LogP contribution < -0.4 is 4.72 Å². The molecule has 1 aromatic heterocycles. The van der Waals surface area contributed by atoms with Crippen LogP contribution in [-0.2, 0) is 14.8 Å². The molecule has 14 heavy (non-hydrogen) atoms. The lowest BCUT2D eigenvalue weighted by Crippen LogP contribution is -2.38. The monoisotopic (exact) mass is 235 g/mol. The lowest BCUT2D eigenvalue weighted by molar-refractivity contribution is -0.138. The number of thiophene rings is 1. The van der Waals surface area contributed by atoms with Crippen LogP contribution >= 0.6 is 11.3 Å². The van der Waals surface area contributed by atoms with E-state index >= 15 is 0 Å². The summed E-state index contributed by atoms with van der Waals surface area (Å²) in [6, 6.07) is 0.293. The Morgan fingerprint density at radius 2 is 2.29 bits per heavy atom. The Bertz CT molecular complexity index is 409. The molecule has 1 heterocycles. The summed E-state index contributed by atoms with van der Waals surface area (Å²) in [4.78, 5) is 10.5. The molecule has 0 fully saturated rings. The van der Waals surface area contributed by atoms with Crippen molar-refractivity contribution in [3.05, 3.63) is 16.8 Å². The molecule has 0 saturated heterocycles. The molecular weight excluding hydrogens is 226 g/mol. The Morgan fingerprint density at radius 3 is 2.71 bits per heavy atom. The molecular formula is C7H9NO4S2. The molecule has 0 radical (unpaired) electrons. The average molecular weight is 235 g/mol. The average Bonchev–Trinajstić information content (AvgIpc) is 2.54. The van der Waals surface area contributed by atoms with Gasteiger partial charge in [-0.25, -0.2) is 8.42 Å². The van der Waals surface area contributed by atoms with Gasteiger partial charge in [0.15, 0.2) is 0 Å². The normalized spacial score (nSPS) is 13.8. The highest BCUT2D eigenvalue weighted by molar-refractivity contribution is 7.89. The summed E-state index contributed by atoms with van der Waals surface area (Å²) in [6.45, 7) is 1.27. The van der Waals surface area contributed by atoms with Gasteiger partial charge in [0.2, 0.25) is 10.0 Å². The molecule has 78 valence electrons. The Hall–Kier alpha value is -0.920. The molecule has 0 aliphatic rings. The first-order valence-electron chi connectivity index (χ1n) is 3.71. The van der Waals surface area contributed by atoms with Crippen molar-refractivity contribution in [3.8, 4) is 0 Å². The zero-order valence-corrected chi connectivity index (χ0v) is 8.93. The van der Waals surface area contributed by atoms with Gasteiger partial charge in [-0.05, 0) is 18.4 Å². The van der Waals surface area contributed by atoms with E-state index in [4.69, 9.17) is 5.11 Å². The van der Waals surface area contributed by atoms with Crippen molar-refractivity contribution >= 4 is 27.3 Å². The first-order valence-corrected chi connectivity index (χ1v) is 6.13. The predicted octanol–water partition coefficient (Wildman–Crippen LogP) is 0.500. The van der Waals surface area contributed by atoms with E-state index in [0.717, 1.165) is 0 Å². The van der Waals surface area contributed by atoms with Gasteiger partial charge < -0.3 is 5.11 Å². The largest absolute Gasteiger partial charge is 0.480 e. The van der Waals surface area contributed by atoms with E-state index in [1.165, 1.54) is 29.7 Å². The number of aliphatic carboxylic acids is 1. The van der Waals surface area contributed by atoms with E-state index in [0.29, 0.717) is 0 Å². The number of sulfonamides is 1. The Morgan fingerprint density at radius 1 is 1.64 bits per heavy atom. The summed E-state index contributed by atoms with van der Waals surface area (Å²) in [7, 11) is -3.68. The van der Waals surface area contributed by atoms with Crippen molar-refractivity contribution < 1.29 is 18.3 Å². The molecule has 0 aliphatic heterocycles. The third-order valence-electron chi connectivity index (χ3n) is 1.51. The molecule has 2 N–H and O–H groups in total. The summed E-state index contributed by atoms with van der Waals surface area (Å²) in [5.41, 5.74) is 0. The molecule has 5 nitrogen and oxygen atoms in total. The number of carboxylic acid groups (broad SMARTS) is 1. The van der Waals surface area contributed by atoms with Gasteiger partial charge in [-0.2, -0.15) is 16.1 Å². The fraction of sp³-hybridized carbons (Fsp3) is 0.286. The maximum atomic E-state index is 11.4. The minimum Gasteiger partial charge on any atom is -0.480 e. The highest BCUT2D eigenvalue weighted by Crippen LogP contribution is 2.12. The lowest BCUT2D eigenvalue weighted by Gasteiger charge is -2.08. The molecule has 0 spiro atoms. The van der Waals surface area contributed by atoms with Crippen LogP contribution in [0.2, 0.25) is 0 Å². The van der Waals surface area contributed by atoms with Gasteiger partial charge in [0.1, 0.15) is 6.04 Å². The molecule has 0 unspecified atom stereocenters. The van der Waals surface area contributed by atoms with Gasteiger partial charge in [0, 0.05) is 5.38 Å². The standard InChI is InChI=1S/C7H9NO4S2/c1-5(7(9)10)8-14(11,12)6-2-3-13-4-6/h2-5,8H,1H3,(H,9,10)/t5-/m0/s1. The number of hydrogen-bond acceptors (Lipinski definition) is 4. The van der Waals surface area contributed by atoms with Gasteiger partial charge in [-0.3, -0.25) is 4.79 Å². The van der Waals surface area contributed by atoms with Crippen LogP contribution in [0.15, 0.2) is 21.7 Å². The van der Waals surface area contributed by atoms with Gasteiger partial charge in [0.05, 0.1) is 4.90 Å². The Balaban J connectivity index is 2.84. The fourth-order valence-electron chi connectivity index (χ4n) is 0.756. The molecule has 1 aromatic rings. The topological polar surface area (TPSA) is 83.5 Å². The number of nitrogens with one attached hydrogen (secondary N) is 1. The maximum absolute atomic E-state index is 11.4. The van der Waals surface area contributed by atoms with Crippen molar-refractivity contribution in [2.75, 3.05) is 0 Å². The van der Waals surface area contributed by atoms with Crippen LogP contribution in [0.25, 0.3) is 0 Å². The minimum absolute atomic E-state index is 0.0931. The maximum Gasteiger partial charge on any atom is 0.321 e. The first kappa shape index (κ1) is 11.2. The molecule has 0 aliphatic carbocycles. The Labute approximate surface area is 85.4 Å². The third-order valence-corrected chi connectivity index (χ3v) is 3.88. The van der Waals surface area contributed by atoms with Crippen molar-refractivity contribution in [2.24, 2.45) is 0 Å². The van der Waals surface area contributed by atoms with E-state index in [1.54, 1.807) is 5.38 Å². The second-order valence-electron chi connectivity index (χ2n) is 2.64. The molecule has 0 saturated carbocycles. The van der Waals surface area contributed by atoms with E-state index in [2.05, 4.69) is 0 Å². The predicted molar refractivity (Wildman–Crippen MR) is 51.7 cm³/mol. The smallest absolute Gasteiger partial charge is 0.321 e. The van der Waals surface area contributed by atoms with Gasteiger partial charge in [-0.15, -0.1) is 0 Å². The van der Waals surface area contributed by atoms with Crippen LogP contribution in [0, 0.1) is 0 Å². The quantitative estimate of drug-likeness (QED) is 0.796. The zero-order valence-electron chi connectivity index (χ0n) is 7.30. The number of carboxylic acids is 1. The SMILES string of the molecule is C[C@H](NS(=O)(=O)c1ccsc1)C(=O)O. The molecule has 0 bridgehead atoms. The van der Waals surface area contributed by atoms with E-state index < -0.39 is 22.0 Å². The Kier molecular flexibility index (Phi) is 3.25. The van der Waals surface area contributed by atoms with Gasteiger partial charge in [0.25, 0.3) is 0 Å². The van der Waals surface area contributed by atoms with Crippen LogP contribution in [0.1, 0.15) is 6.92 Å². The first-order chi connectivity index (χ1) is 6.43. The zero-order chi connectivity index (χ0) is 10.8. The van der Waals surface area contributed by atoms with Crippen LogP contribution in [0.3, 0.4) is 0 Å². The molecule has 0 aromatic carbocycles. The molecule has 1 rings (SSSR count). The van der Waals surface area contributed by atoms with E-state index in [9.17, 15) is 13.2 Å². The summed E-state index contributed by atoms with van der Waals surface area (Å²) >= 11 is 1.24.